The van der Waals surface area contributed by atoms with Gasteiger partial charge in [-0.3, -0.25) is 9.59 Å². The molecule has 1 saturated heterocycles. The van der Waals surface area contributed by atoms with Crippen LogP contribution in [0.2, 0.25) is 5.02 Å². The van der Waals surface area contributed by atoms with E-state index in [0.29, 0.717) is 41.1 Å². The molecule has 1 aliphatic heterocycles. The molecule has 30 heavy (non-hydrogen) atoms. The third-order valence-electron chi connectivity index (χ3n) is 5.13. The van der Waals surface area contributed by atoms with Crippen molar-refractivity contribution < 1.29 is 14.1 Å². The van der Waals surface area contributed by atoms with Gasteiger partial charge in [0, 0.05) is 47.8 Å². The predicted molar refractivity (Wildman–Crippen MR) is 113 cm³/mol. The minimum absolute atomic E-state index is 0.00981. The number of piperidine rings is 1. The van der Waals surface area contributed by atoms with Crippen LogP contribution in [0, 0.1) is 0 Å². The van der Waals surface area contributed by atoms with Crippen LogP contribution in [-0.2, 0) is 4.79 Å². The first-order valence-corrected chi connectivity index (χ1v) is 10.1. The molecule has 2 heterocycles. The molecular weight excluding hydrogens is 404 g/mol. The van der Waals surface area contributed by atoms with E-state index < -0.39 is 0 Å². The summed E-state index contributed by atoms with van der Waals surface area (Å²) in [5, 5.41) is 7.44. The largest absolute Gasteiger partial charge is 0.339 e. The molecule has 7 nitrogen and oxygen atoms in total. The summed E-state index contributed by atoms with van der Waals surface area (Å²) < 4.78 is 5.50. The Morgan fingerprint density at radius 2 is 1.73 bits per heavy atom. The first-order valence-electron chi connectivity index (χ1n) is 9.76. The number of carbonyl (C=O) groups excluding carboxylic acids is 2. The van der Waals surface area contributed by atoms with E-state index in [2.05, 4.69) is 15.5 Å². The van der Waals surface area contributed by atoms with E-state index in [1.54, 1.807) is 36.4 Å². The standard InChI is InChI=1S/C22H21ClN4O3/c1-14(28)24-19-8-4-15(5-9-19)20-25-21(30-26-20)16-10-12-27(13-11-16)22(29)17-2-6-18(23)7-3-17/h2-9,16H,10-13H2,1H3,(H,24,28). The van der Waals surface area contributed by atoms with Crippen molar-refractivity contribution in [3.05, 3.63) is 65.0 Å². The molecule has 2 amide bonds. The maximum absolute atomic E-state index is 12.6. The molecule has 0 spiro atoms. The van der Waals surface area contributed by atoms with Gasteiger partial charge in [-0.2, -0.15) is 4.98 Å². The van der Waals surface area contributed by atoms with Crippen molar-refractivity contribution in [1.29, 1.82) is 0 Å². The third kappa shape index (κ3) is 4.52. The second-order valence-corrected chi connectivity index (χ2v) is 7.72. The maximum atomic E-state index is 12.6. The van der Waals surface area contributed by atoms with Crippen LogP contribution >= 0.6 is 11.6 Å². The van der Waals surface area contributed by atoms with Gasteiger partial charge in [0.25, 0.3) is 5.91 Å². The zero-order valence-electron chi connectivity index (χ0n) is 16.5. The van der Waals surface area contributed by atoms with Crippen LogP contribution in [0.3, 0.4) is 0 Å². The van der Waals surface area contributed by atoms with Crippen molar-refractivity contribution in [2.75, 3.05) is 18.4 Å². The number of likely N-dealkylation sites (tertiary alicyclic amines) is 1. The number of benzene rings is 2. The van der Waals surface area contributed by atoms with E-state index in [-0.39, 0.29) is 17.7 Å². The van der Waals surface area contributed by atoms with Crippen molar-refractivity contribution in [3.63, 3.8) is 0 Å². The van der Waals surface area contributed by atoms with Crippen LogP contribution in [0.4, 0.5) is 5.69 Å². The fraction of sp³-hybridized carbons (Fsp3) is 0.273. The Kier molecular flexibility index (Phi) is 5.81. The number of nitrogens with one attached hydrogen (secondary N) is 1. The Hall–Kier alpha value is -3.19. The average Bonchev–Trinajstić information content (AvgIpc) is 3.24. The van der Waals surface area contributed by atoms with Gasteiger partial charge in [-0.25, -0.2) is 0 Å². The summed E-state index contributed by atoms with van der Waals surface area (Å²) in [4.78, 5) is 30.2. The summed E-state index contributed by atoms with van der Waals surface area (Å²) >= 11 is 5.90. The summed E-state index contributed by atoms with van der Waals surface area (Å²) in [6, 6.07) is 14.2. The van der Waals surface area contributed by atoms with Crippen LogP contribution < -0.4 is 5.32 Å². The summed E-state index contributed by atoms with van der Waals surface area (Å²) in [5.41, 5.74) is 2.17. The van der Waals surface area contributed by atoms with E-state index in [4.69, 9.17) is 16.1 Å². The quantitative estimate of drug-likeness (QED) is 0.671. The first-order chi connectivity index (χ1) is 14.5. The minimum Gasteiger partial charge on any atom is -0.339 e. The first kappa shape index (κ1) is 20.1. The zero-order chi connectivity index (χ0) is 21.1. The second kappa shape index (κ2) is 8.67. The number of hydrogen-bond donors (Lipinski definition) is 1. The van der Waals surface area contributed by atoms with Gasteiger partial charge < -0.3 is 14.7 Å². The molecule has 0 saturated carbocycles. The number of carbonyl (C=O) groups is 2. The van der Waals surface area contributed by atoms with Gasteiger partial charge >= 0.3 is 0 Å². The number of rotatable bonds is 4. The van der Waals surface area contributed by atoms with Gasteiger partial charge in [-0.05, 0) is 61.4 Å². The summed E-state index contributed by atoms with van der Waals surface area (Å²) in [7, 11) is 0. The van der Waals surface area contributed by atoms with E-state index >= 15 is 0 Å². The highest BCUT2D eigenvalue weighted by Crippen LogP contribution is 2.29. The number of aromatic nitrogens is 2. The van der Waals surface area contributed by atoms with Gasteiger partial charge in [0.15, 0.2) is 0 Å². The van der Waals surface area contributed by atoms with Crippen LogP contribution in [0.15, 0.2) is 53.1 Å². The number of nitrogens with zero attached hydrogens (tertiary/aromatic N) is 3. The molecule has 3 aromatic rings. The molecule has 4 rings (SSSR count). The Labute approximate surface area is 179 Å². The van der Waals surface area contributed by atoms with Gasteiger partial charge in [0.05, 0.1) is 0 Å². The molecule has 0 radical (unpaired) electrons. The van der Waals surface area contributed by atoms with Gasteiger partial charge in [0.2, 0.25) is 17.6 Å². The Balaban J connectivity index is 1.37. The molecule has 0 bridgehead atoms. The zero-order valence-corrected chi connectivity index (χ0v) is 17.2. The Morgan fingerprint density at radius 3 is 2.37 bits per heavy atom. The number of amides is 2. The molecule has 1 N–H and O–H groups in total. The third-order valence-corrected chi connectivity index (χ3v) is 5.38. The van der Waals surface area contributed by atoms with E-state index in [9.17, 15) is 9.59 Å². The number of hydrogen-bond acceptors (Lipinski definition) is 5. The lowest BCUT2D eigenvalue weighted by molar-refractivity contribution is -0.114. The number of halogens is 1. The lowest BCUT2D eigenvalue weighted by Gasteiger charge is -2.30. The topological polar surface area (TPSA) is 88.3 Å². The molecule has 0 atom stereocenters. The highest BCUT2D eigenvalue weighted by atomic mass is 35.5. The fourth-order valence-corrected chi connectivity index (χ4v) is 3.65. The highest BCUT2D eigenvalue weighted by Gasteiger charge is 2.28. The second-order valence-electron chi connectivity index (χ2n) is 7.29. The van der Waals surface area contributed by atoms with Crippen molar-refractivity contribution in [1.82, 2.24) is 15.0 Å². The Morgan fingerprint density at radius 1 is 1.07 bits per heavy atom. The van der Waals surface area contributed by atoms with Crippen molar-refractivity contribution in [3.8, 4) is 11.4 Å². The highest BCUT2D eigenvalue weighted by molar-refractivity contribution is 6.30. The maximum Gasteiger partial charge on any atom is 0.253 e. The smallest absolute Gasteiger partial charge is 0.253 e. The molecule has 1 fully saturated rings. The predicted octanol–water partition coefficient (Wildman–Crippen LogP) is 4.37. The summed E-state index contributed by atoms with van der Waals surface area (Å²) in [6.07, 6.45) is 1.53. The van der Waals surface area contributed by atoms with Crippen molar-refractivity contribution in [2.24, 2.45) is 0 Å². The van der Waals surface area contributed by atoms with Gasteiger partial charge in [-0.15, -0.1) is 0 Å². The summed E-state index contributed by atoms with van der Waals surface area (Å²) in [6.45, 7) is 2.73. The molecule has 1 aromatic heterocycles. The SMILES string of the molecule is CC(=O)Nc1ccc(-c2noc(C3CCN(C(=O)c4ccc(Cl)cc4)CC3)n2)cc1. The van der Waals surface area contributed by atoms with E-state index in [1.165, 1.54) is 6.92 Å². The summed E-state index contributed by atoms with van der Waals surface area (Å²) in [5.74, 6) is 1.12. The molecule has 1 aliphatic rings. The molecule has 154 valence electrons. The molecule has 0 unspecified atom stereocenters. The fourth-order valence-electron chi connectivity index (χ4n) is 3.53. The van der Waals surface area contributed by atoms with Crippen LogP contribution in [0.1, 0.15) is 41.9 Å². The lowest BCUT2D eigenvalue weighted by atomic mass is 9.96. The molecule has 8 heteroatoms. The normalized spacial score (nSPS) is 14.5. The molecular formula is C22H21ClN4O3. The lowest BCUT2D eigenvalue weighted by Crippen LogP contribution is -2.37. The minimum atomic E-state index is -0.120. The van der Waals surface area contributed by atoms with Gasteiger partial charge in [-0.1, -0.05) is 16.8 Å². The van der Waals surface area contributed by atoms with Crippen LogP contribution in [0.25, 0.3) is 11.4 Å². The van der Waals surface area contributed by atoms with Crippen molar-refractivity contribution >= 4 is 29.1 Å². The number of anilines is 1. The Bertz CT molecular complexity index is 1040. The average molecular weight is 425 g/mol. The molecule has 2 aromatic carbocycles. The van der Waals surface area contributed by atoms with Crippen molar-refractivity contribution in [2.45, 2.75) is 25.7 Å². The van der Waals surface area contributed by atoms with E-state index in [1.807, 2.05) is 17.0 Å². The molecule has 0 aliphatic carbocycles. The van der Waals surface area contributed by atoms with E-state index in [0.717, 1.165) is 18.4 Å². The van der Waals surface area contributed by atoms with Crippen LogP contribution in [0.5, 0.6) is 0 Å². The van der Waals surface area contributed by atoms with Gasteiger partial charge in [0.1, 0.15) is 0 Å². The monoisotopic (exact) mass is 424 g/mol. The van der Waals surface area contributed by atoms with Crippen LogP contribution in [-0.4, -0.2) is 39.9 Å².